The zero-order valence-electron chi connectivity index (χ0n) is 12.5. The first-order valence-electron chi connectivity index (χ1n) is 6.64. The van der Waals surface area contributed by atoms with Gasteiger partial charge in [-0.15, -0.1) is 36.6 Å². The first-order valence-corrected chi connectivity index (χ1v) is 7.80. The highest BCUT2D eigenvalue weighted by Crippen LogP contribution is 2.14. The monoisotopic (exact) mass is 353 g/mol. The fourth-order valence-electron chi connectivity index (χ4n) is 1.83. The van der Waals surface area contributed by atoms with Crippen molar-refractivity contribution >= 4 is 42.5 Å². The Morgan fingerprint density at radius 3 is 2.48 bits per heavy atom. The quantitative estimate of drug-likeness (QED) is 0.753. The third kappa shape index (κ3) is 7.90. The number of amides is 1. The minimum absolute atomic E-state index is 0. The van der Waals surface area contributed by atoms with Gasteiger partial charge in [0, 0.05) is 18.5 Å². The second-order valence-electron chi connectivity index (χ2n) is 4.55. The van der Waals surface area contributed by atoms with E-state index < -0.39 is 0 Å². The molecule has 7 heteroatoms. The van der Waals surface area contributed by atoms with Crippen LogP contribution in [0.2, 0.25) is 0 Å². The lowest BCUT2D eigenvalue weighted by molar-refractivity contribution is -0.120. The van der Waals surface area contributed by atoms with Gasteiger partial charge in [-0.1, -0.05) is 19.9 Å². The van der Waals surface area contributed by atoms with Gasteiger partial charge in [-0.05, 0) is 25.0 Å². The predicted octanol–water partition coefficient (Wildman–Crippen LogP) is 2.79. The Morgan fingerprint density at radius 1 is 1.33 bits per heavy atom. The summed E-state index contributed by atoms with van der Waals surface area (Å²) in [5.74, 6) is 1.25. The molecule has 0 unspecified atom stereocenters. The van der Waals surface area contributed by atoms with Crippen LogP contribution in [0, 0.1) is 0 Å². The maximum absolute atomic E-state index is 11.9. The predicted molar refractivity (Wildman–Crippen MR) is 95.4 cm³/mol. The van der Waals surface area contributed by atoms with E-state index in [9.17, 15) is 4.79 Å². The molecule has 1 rings (SSSR count). The van der Waals surface area contributed by atoms with Crippen molar-refractivity contribution in [1.29, 1.82) is 0 Å². The highest BCUT2D eigenvalue weighted by atomic mass is 35.5. The van der Waals surface area contributed by atoms with E-state index in [1.165, 1.54) is 0 Å². The van der Waals surface area contributed by atoms with Crippen molar-refractivity contribution in [2.75, 3.05) is 12.3 Å². The van der Waals surface area contributed by atoms with E-state index in [0.717, 1.165) is 24.3 Å². The van der Waals surface area contributed by atoms with Gasteiger partial charge in [0.05, 0.1) is 17.0 Å². The summed E-state index contributed by atoms with van der Waals surface area (Å²) in [5, 5.41) is 3.06. The average Bonchev–Trinajstić information content (AvgIpc) is 2.46. The van der Waals surface area contributed by atoms with Crippen molar-refractivity contribution < 1.29 is 4.79 Å². The number of pyridine rings is 1. The normalized spacial score (nSPS) is 10.2. The van der Waals surface area contributed by atoms with Crippen molar-refractivity contribution in [3.8, 4) is 0 Å². The van der Waals surface area contributed by atoms with Crippen LogP contribution in [0.5, 0.6) is 0 Å². The molecule has 1 amide bonds. The second-order valence-corrected chi connectivity index (χ2v) is 5.54. The summed E-state index contributed by atoms with van der Waals surface area (Å²) in [5.41, 5.74) is 6.51. The van der Waals surface area contributed by atoms with E-state index in [4.69, 9.17) is 5.73 Å². The van der Waals surface area contributed by atoms with E-state index in [1.54, 1.807) is 18.0 Å². The van der Waals surface area contributed by atoms with Crippen LogP contribution >= 0.6 is 36.6 Å². The molecule has 1 aromatic heterocycles. The van der Waals surface area contributed by atoms with Crippen LogP contribution in [0.4, 0.5) is 0 Å². The van der Waals surface area contributed by atoms with E-state index in [0.29, 0.717) is 12.3 Å². The minimum atomic E-state index is -0.247. The van der Waals surface area contributed by atoms with E-state index in [1.807, 2.05) is 18.2 Å². The van der Waals surface area contributed by atoms with Gasteiger partial charge in [0.15, 0.2) is 0 Å². The van der Waals surface area contributed by atoms with Gasteiger partial charge in [-0.2, -0.15) is 0 Å². The zero-order chi connectivity index (χ0) is 14.1. The Labute approximate surface area is 143 Å². The summed E-state index contributed by atoms with van der Waals surface area (Å²) >= 11 is 1.57. The van der Waals surface area contributed by atoms with Crippen LogP contribution in [0.25, 0.3) is 0 Å². The lowest BCUT2D eigenvalue weighted by Gasteiger charge is -2.31. The molecule has 0 bridgehead atoms. The van der Waals surface area contributed by atoms with E-state index >= 15 is 0 Å². The molecule has 0 aliphatic heterocycles. The van der Waals surface area contributed by atoms with Gasteiger partial charge in [-0.3, -0.25) is 9.78 Å². The Bertz CT molecular complexity index is 381. The van der Waals surface area contributed by atoms with Gasteiger partial charge in [0.25, 0.3) is 0 Å². The fourth-order valence-corrected chi connectivity index (χ4v) is 2.57. The second kappa shape index (κ2) is 12.1. The molecule has 1 heterocycles. The third-order valence-electron chi connectivity index (χ3n) is 3.36. The number of hydrogen-bond donors (Lipinski definition) is 2. The molecule has 0 radical (unpaired) electrons. The molecule has 0 aromatic carbocycles. The number of carbonyl (C=O) groups excluding carboxylic acids is 1. The first kappa shape index (κ1) is 22.8. The van der Waals surface area contributed by atoms with Crippen LogP contribution in [0.15, 0.2) is 24.4 Å². The molecule has 0 saturated heterocycles. The molecule has 122 valence electrons. The summed E-state index contributed by atoms with van der Waals surface area (Å²) in [6.07, 6.45) is 3.48. The largest absolute Gasteiger partial charge is 0.349 e. The van der Waals surface area contributed by atoms with Gasteiger partial charge in [0.2, 0.25) is 5.91 Å². The number of aromatic nitrogens is 1. The van der Waals surface area contributed by atoms with Crippen LogP contribution in [0.3, 0.4) is 0 Å². The van der Waals surface area contributed by atoms with Gasteiger partial charge < -0.3 is 11.1 Å². The van der Waals surface area contributed by atoms with Gasteiger partial charge in [0.1, 0.15) is 0 Å². The number of hydrogen-bond acceptors (Lipinski definition) is 4. The minimum Gasteiger partial charge on any atom is -0.349 e. The molecule has 3 N–H and O–H groups in total. The lowest BCUT2D eigenvalue weighted by atomic mass is 9.93. The molecule has 21 heavy (non-hydrogen) atoms. The van der Waals surface area contributed by atoms with Crippen molar-refractivity contribution in [3.05, 3.63) is 30.1 Å². The van der Waals surface area contributed by atoms with Crippen molar-refractivity contribution in [1.82, 2.24) is 10.3 Å². The van der Waals surface area contributed by atoms with E-state index in [2.05, 4.69) is 24.1 Å². The number of nitrogens with one attached hydrogen (secondary N) is 1. The third-order valence-corrected chi connectivity index (χ3v) is 4.32. The Balaban J connectivity index is 0. The zero-order valence-corrected chi connectivity index (χ0v) is 15.0. The Kier molecular flexibility index (Phi) is 13.1. The molecule has 0 aliphatic carbocycles. The molecule has 0 spiro atoms. The maximum Gasteiger partial charge on any atom is 0.230 e. The molecule has 0 aliphatic rings. The molecule has 0 fully saturated rings. The number of thioether (sulfide) groups is 1. The van der Waals surface area contributed by atoms with Crippen molar-refractivity contribution in [2.24, 2.45) is 5.73 Å². The summed E-state index contributed by atoms with van der Waals surface area (Å²) in [6, 6.07) is 5.81. The number of nitrogens with two attached hydrogens (primary N) is 1. The lowest BCUT2D eigenvalue weighted by Crippen LogP contribution is -2.53. The molecule has 0 atom stereocenters. The fraction of sp³-hybridized carbons (Fsp3) is 0.571. The highest BCUT2D eigenvalue weighted by molar-refractivity contribution is 7.99. The molecule has 1 aromatic rings. The summed E-state index contributed by atoms with van der Waals surface area (Å²) in [6.45, 7) is 4.59. The smallest absolute Gasteiger partial charge is 0.230 e. The van der Waals surface area contributed by atoms with Crippen molar-refractivity contribution in [2.45, 2.75) is 38.0 Å². The van der Waals surface area contributed by atoms with Gasteiger partial charge >= 0.3 is 0 Å². The maximum atomic E-state index is 11.9. The number of halogens is 2. The molecular formula is C14H25Cl2N3OS. The standard InChI is InChI=1S/C14H23N3OS.2ClH/c1-3-14(4-2,11-15)17-13(18)10-19-9-12-7-5-6-8-16-12;;/h5-8H,3-4,9-11,15H2,1-2H3,(H,17,18);2*1H. The van der Waals surface area contributed by atoms with Crippen LogP contribution in [0.1, 0.15) is 32.4 Å². The van der Waals surface area contributed by atoms with Crippen LogP contribution < -0.4 is 11.1 Å². The summed E-state index contributed by atoms with van der Waals surface area (Å²) in [4.78, 5) is 16.1. The van der Waals surface area contributed by atoms with Gasteiger partial charge in [-0.25, -0.2) is 0 Å². The SMILES string of the molecule is CCC(CC)(CN)NC(=O)CSCc1ccccn1.Cl.Cl. The van der Waals surface area contributed by atoms with Crippen molar-refractivity contribution in [3.63, 3.8) is 0 Å². The molecular weight excluding hydrogens is 329 g/mol. The summed E-state index contributed by atoms with van der Waals surface area (Å²) in [7, 11) is 0. The van der Waals surface area contributed by atoms with Crippen LogP contribution in [-0.2, 0) is 10.5 Å². The number of carbonyl (C=O) groups is 1. The molecule has 0 saturated carbocycles. The molecule has 4 nitrogen and oxygen atoms in total. The number of rotatable bonds is 8. The highest BCUT2D eigenvalue weighted by Gasteiger charge is 2.25. The Hall–Kier alpha value is -0.490. The number of nitrogens with zero attached hydrogens (tertiary/aromatic N) is 1. The first-order chi connectivity index (χ1) is 9.15. The van der Waals surface area contributed by atoms with E-state index in [-0.39, 0.29) is 36.3 Å². The Morgan fingerprint density at radius 2 is 2.00 bits per heavy atom. The average molecular weight is 354 g/mol. The summed E-state index contributed by atoms with van der Waals surface area (Å²) < 4.78 is 0. The van der Waals surface area contributed by atoms with Crippen LogP contribution in [-0.4, -0.2) is 28.7 Å². The topological polar surface area (TPSA) is 68.0 Å².